The van der Waals surface area contributed by atoms with Crippen LogP contribution in [0.1, 0.15) is 40.0 Å². The van der Waals surface area contributed by atoms with E-state index in [1.54, 1.807) is 18.2 Å². The molecule has 6 atom stereocenters. The average Bonchev–Trinajstić information content (AvgIpc) is 3.48. The lowest BCUT2D eigenvalue weighted by molar-refractivity contribution is -0.118. The van der Waals surface area contributed by atoms with Crippen LogP contribution in [0.4, 0.5) is 17.1 Å². The van der Waals surface area contributed by atoms with Crippen LogP contribution in [0.3, 0.4) is 0 Å². The molecule has 3 amide bonds. The van der Waals surface area contributed by atoms with Crippen molar-refractivity contribution in [2.24, 2.45) is 35.5 Å². The number of nitrogens with one attached hydrogen (secondary N) is 3. The summed E-state index contributed by atoms with van der Waals surface area (Å²) in [5.74, 6) is 1.40. The monoisotopic (exact) mass is 369 g/mol. The predicted molar refractivity (Wildman–Crippen MR) is 104 cm³/mol. The Morgan fingerprint density at radius 2 is 0.852 bits per heavy atom. The first-order valence-electron chi connectivity index (χ1n) is 9.89. The molecule has 0 spiro atoms. The molecule has 0 aliphatic heterocycles. The van der Waals surface area contributed by atoms with E-state index in [1.807, 2.05) is 0 Å². The van der Waals surface area contributed by atoms with E-state index in [9.17, 15) is 14.4 Å². The van der Waals surface area contributed by atoms with E-state index in [4.69, 9.17) is 0 Å². The molecule has 0 bridgehead atoms. The number of hydrogen-bond donors (Lipinski definition) is 3. The Balaban J connectivity index is 1.50. The van der Waals surface area contributed by atoms with Gasteiger partial charge >= 0.3 is 0 Å². The Morgan fingerprint density at radius 1 is 0.630 bits per heavy atom. The molecular formula is C21H27N3O3. The highest BCUT2D eigenvalue weighted by Gasteiger charge is 2.41. The van der Waals surface area contributed by atoms with Crippen LogP contribution >= 0.6 is 0 Å². The summed E-state index contributed by atoms with van der Waals surface area (Å²) in [4.78, 5) is 36.9. The van der Waals surface area contributed by atoms with Gasteiger partial charge in [0.05, 0.1) is 0 Å². The van der Waals surface area contributed by atoms with Crippen molar-refractivity contribution >= 4 is 34.8 Å². The zero-order valence-electron chi connectivity index (χ0n) is 16.0. The zero-order chi connectivity index (χ0) is 19.3. The van der Waals surface area contributed by atoms with Crippen molar-refractivity contribution in [2.45, 2.75) is 40.0 Å². The van der Waals surface area contributed by atoms with Gasteiger partial charge in [-0.25, -0.2) is 0 Å². The van der Waals surface area contributed by atoms with Crippen LogP contribution in [-0.2, 0) is 14.4 Å². The van der Waals surface area contributed by atoms with E-state index in [0.717, 1.165) is 19.3 Å². The smallest absolute Gasteiger partial charge is 0.227 e. The van der Waals surface area contributed by atoms with Crippen LogP contribution in [0.2, 0.25) is 0 Å². The average molecular weight is 369 g/mol. The number of hydrogen-bond acceptors (Lipinski definition) is 3. The molecule has 0 heterocycles. The molecule has 3 aliphatic carbocycles. The summed E-state index contributed by atoms with van der Waals surface area (Å²) in [5.41, 5.74) is 1.79. The highest BCUT2D eigenvalue weighted by Crippen LogP contribution is 2.41. The Kier molecular flexibility index (Phi) is 4.44. The minimum absolute atomic E-state index is 0.00474. The van der Waals surface area contributed by atoms with E-state index in [-0.39, 0.29) is 35.5 Å². The normalized spacial score (nSPS) is 33.0. The zero-order valence-corrected chi connectivity index (χ0v) is 16.0. The van der Waals surface area contributed by atoms with Gasteiger partial charge in [-0.05, 0) is 55.2 Å². The van der Waals surface area contributed by atoms with Crippen LogP contribution in [0, 0.1) is 35.5 Å². The molecule has 3 N–H and O–H groups in total. The van der Waals surface area contributed by atoms with Gasteiger partial charge in [-0.3, -0.25) is 14.4 Å². The van der Waals surface area contributed by atoms with Crippen molar-refractivity contribution in [1.82, 2.24) is 0 Å². The standard InChI is InChI=1S/C21H27N3O3/c1-10-4-16(10)19(25)22-13-7-14(23-20(26)17-5-11(17)2)9-15(8-13)24-21(27)18-6-12(18)3/h7-12,16-18H,4-6H2,1-3H3,(H,22,25)(H,23,26)(H,24,27). The maximum atomic E-state index is 12.3. The molecule has 0 saturated heterocycles. The van der Waals surface area contributed by atoms with Gasteiger partial charge < -0.3 is 16.0 Å². The molecule has 0 radical (unpaired) electrons. The van der Waals surface area contributed by atoms with Crippen LogP contribution in [0.5, 0.6) is 0 Å². The minimum atomic E-state index is -0.00474. The van der Waals surface area contributed by atoms with Gasteiger partial charge in [0.25, 0.3) is 0 Å². The summed E-state index contributed by atoms with van der Waals surface area (Å²) >= 11 is 0. The largest absolute Gasteiger partial charge is 0.326 e. The molecule has 27 heavy (non-hydrogen) atoms. The molecule has 6 unspecified atom stereocenters. The first kappa shape index (κ1) is 18.0. The second kappa shape index (κ2) is 6.66. The highest BCUT2D eigenvalue weighted by atomic mass is 16.2. The van der Waals surface area contributed by atoms with Crippen LogP contribution in [-0.4, -0.2) is 17.7 Å². The van der Waals surface area contributed by atoms with E-state index in [0.29, 0.717) is 34.8 Å². The van der Waals surface area contributed by atoms with E-state index in [1.165, 1.54) is 0 Å². The fraction of sp³-hybridized carbons (Fsp3) is 0.571. The lowest BCUT2D eigenvalue weighted by atomic mass is 10.2. The number of carbonyl (C=O) groups excluding carboxylic acids is 3. The number of anilines is 3. The first-order chi connectivity index (χ1) is 12.8. The van der Waals surface area contributed by atoms with Crippen LogP contribution < -0.4 is 16.0 Å². The van der Waals surface area contributed by atoms with Gasteiger partial charge in [-0.1, -0.05) is 20.8 Å². The summed E-state index contributed by atoms with van der Waals surface area (Å²) in [6.07, 6.45) is 2.72. The van der Waals surface area contributed by atoms with Crippen LogP contribution in [0.15, 0.2) is 18.2 Å². The van der Waals surface area contributed by atoms with E-state index in [2.05, 4.69) is 36.7 Å². The third kappa shape index (κ3) is 4.15. The SMILES string of the molecule is CC1CC1C(=O)Nc1cc(NC(=O)C2CC2C)cc(NC(=O)C2CC2C)c1. The van der Waals surface area contributed by atoms with Crippen molar-refractivity contribution in [3.63, 3.8) is 0 Å². The maximum Gasteiger partial charge on any atom is 0.227 e. The molecule has 3 fully saturated rings. The van der Waals surface area contributed by atoms with Gasteiger partial charge in [0.15, 0.2) is 0 Å². The fourth-order valence-electron chi connectivity index (χ4n) is 3.61. The quantitative estimate of drug-likeness (QED) is 0.717. The second-order valence-corrected chi connectivity index (χ2v) is 8.73. The van der Waals surface area contributed by atoms with Gasteiger partial charge in [0, 0.05) is 34.8 Å². The maximum absolute atomic E-state index is 12.3. The molecule has 1 aromatic carbocycles. The lowest BCUT2D eigenvalue weighted by Crippen LogP contribution is -2.18. The van der Waals surface area contributed by atoms with Crippen molar-refractivity contribution in [3.8, 4) is 0 Å². The molecule has 3 aliphatic rings. The predicted octanol–water partition coefficient (Wildman–Crippen LogP) is 3.47. The molecule has 3 saturated carbocycles. The molecule has 1 aromatic rings. The Morgan fingerprint density at radius 3 is 1.04 bits per heavy atom. The minimum Gasteiger partial charge on any atom is -0.326 e. The number of carbonyl (C=O) groups is 3. The molecular weight excluding hydrogens is 342 g/mol. The molecule has 144 valence electrons. The van der Waals surface area contributed by atoms with Crippen molar-refractivity contribution in [2.75, 3.05) is 16.0 Å². The summed E-state index contributed by atoms with van der Waals surface area (Å²) in [7, 11) is 0. The fourth-order valence-corrected chi connectivity index (χ4v) is 3.61. The summed E-state index contributed by atoms with van der Waals surface area (Å²) in [6, 6.07) is 5.27. The van der Waals surface area contributed by atoms with Gasteiger partial charge in [0.2, 0.25) is 17.7 Å². The Bertz CT molecular complexity index is 689. The summed E-state index contributed by atoms with van der Waals surface area (Å²) in [5, 5.41) is 8.78. The summed E-state index contributed by atoms with van der Waals surface area (Å²) in [6.45, 7) is 6.17. The van der Waals surface area contributed by atoms with E-state index >= 15 is 0 Å². The number of rotatable bonds is 6. The summed E-state index contributed by atoms with van der Waals surface area (Å²) < 4.78 is 0. The topological polar surface area (TPSA) is 87.3 Å². The van der Waals surface area contributed by atoms with Crippen molar-refractivity contribution in [1.29, 1.82) is 0 Å². The number of benzene rings is 1. The number of amides is 3. The Hall–Kier alpha value is -2.37. The lowest BCUT2D eigenvalue weighted by Gasteiger charge is -2.13. The van der Waals surface area contributed by atoms with Gasteiger partial charge in [-0.15, -0.1) is 0 Å². The third-order valence-electron chi connectivity index (χ3n) is 6.07. The molecule has 0 aromatic heterocycles. The van der Waals surface area contributed by atoms with Gasteiger partial charge in [0.1, 0.15) is 0 Å². The van der Waals surface area contributed by atoms with Crippen LogP contribution in [0.25, 0.3) is 0 Å². The first-order valence-corrected chi connectivity index (χ1v) is 9.89. The molecule has 6 heteroatoms. The van der Waals surface area contributed by atoms with Gasteiger partial charge in [-0.2, -0.15) is 0 Å². The van der Waals surface area contributed by atoms with E-state index < -0.39 is 0 Å². The molecule has 4 rings (SSSR count). The van der Waals surface area contributed by atoms with Crippen molar-refractivity contribution in [3.05, 3.63) is 18.2 Å². The third-order valence-corrected chi connectivity index (χ3v) is 6.07. The Labute approximate surface area is 159 Å². The van der Waals surface area contributed by atoms with Crippen molar-refractivity contribution < 1.29 is 14.4 Å². The second-order valence-electron chi connectivity index (χ2n) is 8.73. The molecule has 6 nitrogen and oxygen atoms in total. The highest BCUT2D eigenvalue weighted by molar-refractivity contribution is 6.00.